The van der Waals surface area contributed by atoms with Crippen molar-refractivity contribution in [3.05, 3.63) is 5.89 Å². The Morgan fingerprint density at radius 3 is 2.94 bits per heavy atom. The summed E-state index contributed by atoms with van der Waals surface area (Å²) in [6, 6.07) is 0.891. The minimum atomic E-state index is 0.212. The first-order valence-corrected chi connectivity index (χ1v) is 6.10. The average Bonchev–Trinajstić information content (AvgIpc) is 2.94. The number of nitrogens with one attached hydrogen (secondary N) is 1. The Labute approximate surface area is 101 Å². The maximum absolute atomic E-state index is 5.59. The van der Waals surface area contributed by atoms with Gasteiger partial charge in [0.25, 0.3) is 0 Å². The summed E-state index contributed by atoms with van der Waals surface area (Å²) in [7, 11) is 1.97. The van der Waals surface area contributed by atoms with Gasteiger partial charge in [-0.15, -0.1) is 5.10 Å². The highest BCUT2D eigenvalue weighted by Crippen LogP contribution is 2.23. The van der Waals surface area contributed by atoms with Gasteiger partial charge >= 0.3 is 6.01 Å². The molecule has 1 aromatic heterocycles. The topological polar surface area (TPSA) is 63.4 Å². The molecule has 6 heteroatoms. The first-order chi connectivity index (χ1) is 8.22. The Morgan fingerprint density at radius 2 is 2.29 bits per heavy atom. The molecule has 1 aliphatic rings. The number of likely N-dealkylation sites (N-methyl/N-ethyl adjacent to an activating group) is 1. The second-order valence-corrected chi connectivity index (χ2v) is 4.30. The fourth-order valence-electron chi connectivity index (χ4n) is 2.06. The normalized spacial score (nSPS) is 24.2. The van der Waals surface area contributed by atoms with Gasteiger partial charge in [0.15, 0.2) is 0 Å². The van der Waals surface area contributed by atoms with Gasteiger partial charge in [0.1, 0.15) is 0 Å². The number of ether oxygens (including phenoxy) is 1. The van der Waals surface area contributed by atoms with E-state index >= 15 is 0 Å². The van der Waals surface area contributed by atoms with Crippen LogP contribution in [0.3, 0.4) is 0 Å². The van der Waals surface area contributed by atoms with E-state index in [1.165, 1.54) is 0 Å². The van der Waals surface area contributed by atoms with Crippen LogP contribution in [-0.2, 0) is 11.3 Å². The van der Waals surface area contributed by atoms with Crippen molar-refractivity contribution in [1.29, 1.82) is 0 Å². The molecule has 17 heavy (non-hydrogen) atoms. The van der Waals surface area contributed by atoms with Crippen molar-refractivity contribution in [2.75, 3.05) is 25.1 Å². The standard InChI is InChI=1S/C11H20N4O2/c1-4-12-7-10-13-14-11(17-10)15(3)9-5-6-16-8(9)2/h8-9,12H,4-7H2,1-3H3. The maximum atomic E-state index is 5.59. The van der Waals surface area contributed by atoms with Gasteiger partial charge in [0, 0.05) is 13.7 Å². The minimum Gasteiger partial charge on any atom is -0.407 e. The molecule has 2 heterocycles. The van der Waals surface area contributed by atoms with E-state index in [4.69, 9.17) is 9.15 Å². The summed E-state index contributed by atoms with van der Waals surface area (Å²) in [5.41, 5.74) is 0. The van der Waals surface area contributed by atoms with Gasteiger partial charge < -0.3 is 19.4 Å². The molecule has 0 spiro atoms. The van der Waals surface area contributed by atoms with Crippen LogP contribution in [0.25, 0.3) is 0 Å². The van der Waals surface area contributed by atoms with Crippen LogP contribution in [0.5, 0.6) is 0 Å². The molecule has 1 N–H and O–H groups in total. The molecule has 1 saturated heterocycles. The second-order valence-electron chi connectivity index (χ2n) is 4.30. The number of hydrogen-bond acceptors (Lipinski definition) is 6. The summed E-state index contributed by atoms with van der Waals surface area (Å²) in [6.07, 6.45) is 1.21. The third kappa shape index (κ3) is 2.76. The lowest BCUT2D eigenvalue weighted by Gasteiger charge is -2.24. The monoisotopic (exact) mass is 240 g/mol. The van der Waals surface area contributed by atoms with E-state index in [-0.39, 0.29) is 6.10 Å². The van der Waals surface area contributed by atoms with Crippen LogP contribution in [-0.4, -0.2) is 42.5 Å². The molecule has 0 radical (unpaired) electrons. The molecule has 0 amide bonds. The van der Waals surface area contributed by atoms with Crippen LogP contribution >= 0.6 is 0 Å². The van der Waals surface area contributed by atoms with Gasteiger partial charge in [-0.05, 0) is 19.9 Å². The number of rotatable bonds is 5. The van der Waals surface area contributed by atoms with Crippen LogP contribution < -0.4 is 10.2 Å². The van der Waals surface area contributed by atoms with Crippen molar-refractivity contribution in [1.82, 2.24) is 15.5 Å². The largest absolute Gasteiger partial charge is 0.407 e. The predicted octanol–water partition coefficient (Wildman–Crippen LogP) is 0.793. The summed E-state index contributed by atoms with van der Waals surface area (Å²) in [5.74, 6) is 0.625. The Balaban J connectivity index is 1.98. The number of aromatic nitrogens is 2. The smallest absolute Gasteiger partial charge is 0.318 e. The molecule has 1 aliphatic heterocycles. The lowest BCUT2D eigenvalue weighted by molar-refractivity contribution is 0.117. The highest BCUT2D eigenvalue weighted by molar-refractivity contribution is 5.26. The molecular formula is C11H20N4O2. The lowest BCUT2D eigenvalue weighted by Crippen LogP contribution is -2.36. The maximum Gasteiger partial charge on any atom is 0.318 e. The van der Waals surface area contributed by atoms with Crippen LogP contribution in [0.1, 0.15) is 26.2 Å². The van der Waals surface area contributed by atoms with Gasteiger partial charge in [-0.25, -0.2) is 0 Å². The zero-order valence-electron chi connectivity index (χ0n) is 10.6. The van der Waals surface area contributed by atoms with Crippen molar-refractivity contribution in [3.8, 4) is 0 Å². The summed E-state index contributed by atoms with van der Waals surface area (Å²) in [5, 5.41) is 11.2. The van der Waals surface area contributed by atoms with Crippen molar-refractivity contribution >= 4 is 6.01 Å². The quantitative estimate of drug-likeness (QED) is 0.821. The lowest BCUT2D eigenvalue weighted by atomic mass is 10.1. The van der Waals surface area contributed by atoms with Crippen LogP contribution in [0, 0.1) is 0 Å². The Kier molecular flexibility index (Phi) is 3.96. The molecule has 0 aromatic carbocycles. The zero-order chi connectivity index (χ0) is 12.3. The third-order valence-corrected chi connectivity index (χ3v) is 3.12. The summed E-state index contributed by atoms with van der Waals surface area (Å²) in [4.78, 5) is 2.01. The van der Waals surface area contributed by atoms with E-state index in [2.05, 4.69) is 22.4 Å². The van der Waals surface area contributed by atoms with E-state index < -0.39 is 0 Å². The Bertz CT molecular complexity index is 355. The number of hydrogen-bond donors (Lipinski definition) is 1. The van der Waals surface area contributed by atoms with E-state index in [0.717, 1.165) is 19.6 Å². The summed E-state index contributed by atoms with van der Waals surface area (Å²) < 4.78 is 11.1. The molecule has 2 rings (SSSR count). The fraction of sp³-hybridized carbons (Fsp3) is 0.818. The van der Waals surface area contributed by atoms with E-state index in [1.807, 2.05) is 18.9 Å². The summed E-state index contributed by atoms with van der Waals surface area (Å²) >= 11 is 0. The average molecular weight is 240 g/mol. The van der Waals surface area contributed by atoms with E-state index in [9.17, 15) is 0 Å². The van der Waals surface area contributed by atoms with Crippen LogP contribution in [0.15, 0.2) is 4.42 Å². The van der Waals surface area contributed by atoms with E-state index in [1.54, 1.807) is 0 Å². The minimum absolute atomic E-state index is 0.212. The molecular weight excluding hydrogens is 220 g/mol. The van der Waals surface area contributed by atoms with Crippen molar-refractivity contribution in [3.63, 3.8) is 0 Å². The molecule has 2 atom stereocenters. The fourth-order valence-corrected chi connectivity index (χ4v) is 2.06. The Hall–Kier alpha value is -1.14. The molecule has 2 unspecified atom stereocenters. The molecule has 6 nitrogen and oxygen atoms in total. The van der Waals surface area contributed by atoms with Crippen molar-refractivity contribution < 1.29 is 9.15 Å². The van der Waals surface area contributed by atoms with Gasteiger partial charge in [-0.3, -0.25) is 0 Å². The predicted molar refractivity (Wildman–Crippen MR) is 63.9 cm³/mol. The summed E-state index contributed by atoms with van der Waals surface area (Å²) in [6.45, 7) is 6.43. The second kappa shape index (κ2) is 5.46. The molecule has 0 aliphatic carbocycles. The van der Waals surface area contributed by atoms with Crippen molar-refractivity contribution in [2.45, 2.75) is 39.0 Å². The third-order valence-electron chi connectivity index (χ3n) is 3.12. The van der Waals surface area contributed by atoms with Gasteiger partial charge in [-0.1, -0.05) is 12.0 Å². The molecule has 96 valence electrons. The van der Waals surface area contributed by atoms with E-state index in [0.29, 0.717) is 24.5 Å². The Morgan fingerprint density at radius 1 is 1.47 bits per heavy atom. The van der Waals surface area contributed by atoms with Gasteiger partial charge in [-0.2, -0.15) is 0 Å². The van der Waals surface area contributed by atoms with Gasteiger partial charge in [0.2, 0.25) is 5.89 Å². The first kappa shape index (κ1) is 12.3. The first-order valence-electron chi connectivity index (χ1n) is 6.10. The molecule has 1 fully saturated rings. The van der Waals surface area contributed by atoms with Crippen molar-refractivity contribution in [2.24, 2.45) is 0 Å². The number of anilines is 1. The molecule has 0 saturated carbocycles. The molecule has 0 bridgehead atoms. The molecule has 1 aromatic rings. The number of nitrogens with zero attached hydrogens (tertiary/aromatic N) is 3. The van der Waals surface area contributed by atoms with Crippen LogP contribution in [0.2, 0.25) is 0 Å². The van der Waals surface area contributed by atoms with Crippen LogP contribution in [0.4, 0.5) is 6.01 Å². The SMILES string of the molecule is CCNCc1nnc(N(C)C2CCOC2C)o1. The highest BCUT2D eigenvalue weighted by atomic mass is 16.5. The highest BCUT2D eigenvalue weighted by Gasteiger charge is 2.30. The van der Waals surface area contributed by atoms with Gasteiger partial charge in [0.05, 0.1) is 18.7 Å². The zero-order valence-corrected chi connectivity index (χ0v) is 10.6.